The summed E-state index contributed by atoms with van der Waals surface area (Å²) in [4.78, 5) is 15.5. The van der Waals surface area contributed by atoms with Crippen LogP contribution in [0.3, 0.4) is 0 Å². The molecule has 1 aliphatic heterocycles. The monoisotopic (exact) mass is 462 g/mol. The van der Waals surface area contributed by atoms with E-state index in [4.69, 9.17) is 4.74 Å². The van der Waals surface area contributed by atoms with Crippen molar-refractivity contribution in [2.24, 2.45) is 0 Å². The van der Waals surface area contributed by atoms with E-state index in [1.165, 1.54) is 4.68 Å². The highest BCUT2D eigenvalue weighted by Gasteiger charge is 2.31. The topological polar surface area (TPSA) is 73.7 Å². The number of benzene rings is 1. The number of hydrogen-bond donors (Lipinski definition) is 0. The number of nitrogens with zero attached hydrogens (tertiary/aromatic N) is 4. The van der Waals surface area contributed by atoms with Crippen molar-refractivity contribution in [2.75, 3.05) is 31.1 Å². The average Bonchev–Trinajstić information content (AvgIpc) is 2.82. The third kappa shape index (κ3) is 5.10. The van der Waals surface area contributed by atoms with E-state index in [9.17, 15) is 13.7 Å². The lowest BCUT2D eigenvalue weighted by atomic mass is 9.96. The van der Waals surface area contributed by atoms with Crippen molar-refractivity contribution in [3.05, 3.63) is 46.9 Å². The van der Waals surface area contributed by atoms with Crippen molar-refractivity contribution in [1.82, 2.24) is 14.1 Å². The third-order valence-electron chi connectivity index (χ3n) is 6.04. The van der Waals surface area contributed by atoms with Crippen molar-refractivity contribution in [3.63, 3.8) is 0 Å². The molecule has 1 aliphatic carbocycles. The molecule has 32 heavy (non-hydrogen) atoms. The largest absolute Gasteiger partial charge is 0.598 e. The molecule has 1 saturated heterocycles. The molecule has 0 unspecified atom stereocenters. The molecule has 7 nitrogen and oxygen atoms in total. The summed E-state index contributed by atoms with van der Waals surface area (Å²) in [6, 6.07) is 9.25. The highest BCUT2D eigenvalue weighted by molar-refractivity contribution is 7.89. The molecule has 0 spiro atoms. The van der Waals surface area contributed by atoms with Crippen LogP contribution in [0.15, 0.2) is 41.3 Å². The third-order valence-corrected chi connectivity index (χ3v) is 7.72. The van der Waals surface area contributed by atoms with Gasteiger partial charge in [-0.15, -0.1) is 4.31 Å². The maximum absolute atomic E-state index is 13.6. The second-order valence-electron chi connectivity index (χ2n) is 8.64. The van der Waals surface area contributed by atoms with E-state index < -0.39 is 17.5 Å². The van der Waals surface area contributed by atoms with E-state index in [0.29, 0.717) is 63.2 Å². The van der Waals surface area contributed by atoms with Crippen molar-refractivity contribution in [1.29, 1.82) is 0 Å². The first-order chi connectivity index (χ1) is 15.4. The van der Waals surface area contributed by atoms with Crippen LogP contribution in [0.2, 0.25) is 0 Å². The van der Waals surface area contributed by atoms with Gasteiger partial charge in [0.1, 0.15) is 17.1 Å². The van der Waals surface area contributed by atoms with Crippen LogP contribution < -0.4 is 15.2 Å². The van der Waals surface area contributed by atoms with Gasteiger partial charge in [-0.1, -0.05) is 18.2 Å². The van der Waals surface area contributed by atoms with E-state index in [0.717, 1.165) is 0 Å². The van der Waals surface area contributed by atoms with Crippen LogP contribution in [-0.2, 0) is 11.4 Å². The Balaban J connectivity index is 1.61. The fourth-order valence-corrected chi connectivity index (χ4v) is 5.35. The van der Waals surface area contributed by atoms with Crippen LogP contribution in [-0.4, -0.2) is 62.3 Å². The standard InChI is InChI=1S/C23H31FN4O3S/c1-17(2)32(30)27-14-12-26(13-15-27)21-16-25-28(19-6-4-3-5-7-19)23(29)22(21)31-20-10-8-18(24)9-11-20/h3-7,16-18,20H,8-15H2,1-2H3/t18?,20?,32-/m1/s1. The minimum absolute atomic E-state index is 0.0718. The molecule has 0 N–H and O–H groups in total. The predicted molar refractivity (Wildman–Crippen MR) is 125 cm³/mol. The average molecular weight is 463 g/mol. The van der Waals surface area contributed by atoms with Crippen molar-refractivity contribution in [3.8, 4) is 11.4 Å². The predicted octanol–water partition coefficient (Wildman–Crippen LogP) is 3.09. The van der Waals surface area contributed by atoms with Gasteiger partial charge < -0.3 is 14.2 Å². The molecule has 2 fully saturated rings. The van der Waals surface area contributed by atoms with Gasteiger partial charge in [0.15, 0.2) is 0 Å². The molecule has 0 amide bonds. The Morgan fingerprint density at radius 3 is 2.38 bits per heavy atom. The summed E-state index contributed by atoms with van der Waals surface area (Å²) in [6.45, 7) is 6.43. The zero-order valence-corrected chi connectivity index (χ0v) is 19.5. The summed E-state index contributed by atoms with van der Waals surface area (Å²) in [7, 11) is 0. The molecule has 2 aromatic rings. The van der Waals surface area contributed by atoms with Gasteiger partial charge in [-0.05, 0) is 51.7 Å². The quantitative estimate of drug-likeness (QED) is 0.615. The van der Waals surface area contributed by atoms with Crippen LogP contribution in [0.5, 0.6) is 5.75 Å². The maximum Gasteiger partial charge on any atom is 0.316 e. The first-order valence-corrected chi connectivity index (χ1v) is 12.5. The lowest BCUT2D eigenvalue weighted by Crippen LogP contribution is -2.50. The van der Waals surface area contributed by atoms with Crippen molar-refractivity contribution in [2.45, 2.75) is 57.1 Å². The molecule has 2 heterocycles. The van der Waals surface area contributed by atoms with Gasteiger partial charge in [-0.25, -0.2) is 4.39 Å². The van der Waals surface area contributed by atoms with Gasteiger partial charge in [0.25, 0.3) is 0 Å². The van der Waals surface area contributed by atoms with Gasteiger partial charge in [-0.2, -0.15) is 9.78 Å². The van der Waals surface area contributed by atoms with E-state index in [1.54, 1.807) is 6.20 Å². The van der Waals surface area contributed by atoms with Crippen LogP contribution in [0.4, 0.5) is 10.1 Å². The summed E-state index contributed by atoms with van der Waals surface area (Å²) in [5.41, 5.74) is 1.00. The smallest absolute Gasteiger partial charge is 0.316 e. The highest BCUT2D eigenvalue weighted by atomic mass is 32.2. The molecule has 1 aromatic heterocycles. The molecule has 1 atom stereocenters. The molecule has 174 valence electrons. The molecule has 4 rings (SSSR count). The molecule has 1 saturated carbocycles. The zero-order chi connectivity index (χ0) is 22.7. The van der Waals surface area contributed by atoms with Crippen LogP contribution in [0.25, 0.3) is 5.69 Å². The van der Waals surface area contributed by atoms with Crippen molar-refractivity contribution >= 4 is 17.0 Å². The second-order valence-corrected chi connectivity index (χ2v) is 10.7. The lowest BCUT2D eigenvalue weighted by molar-refractivity contribution is 0.112. The second kappa shape index (κ2) is 10.2. The summed E-state index contributed by atoms with van der Waals surface area (Å²) >= 11 is -1.02. The number of piperazine rings is 1. The summed E-state index contributed by atoms with van der Waals surface area (Å²) < 4.78 is 35.6. The van der Waals surface area contributed by atoms with Crippen molar-refractivity contribution < 1.29 is 13.7 Å². The molecular formula is C23H31FN4O3S. The fourth-order valence-electron chi connectivity index (χ4n) is 4.23. The van der Waals surface area contributed by atoms with Crippen LogP contribution in [0.1, 0.15) is 39.5 Å². The maximum atomic E-state index is 13.6. The Kier molecular flexibility index (Phi) is 7.37. The molecular weight excluding hydrogens is 431 g/mol. The number of para-hydroxylation sites is 1. The molecule has 0 radical (unpaired) electrons. The fraction of sp³-hybridized carbons (Fsp3) is 0.565. The van der Waals surface area contributed by atoms with E-state index in [-0.39, 0.29) is 22.7 Å². The number of halogens is 1. The van der Waals surface area contributed by atoms with E-state index in [2.05, 4.69) is 10.00 Å². The van der Waals surface area contributed by atoms with Gasteiger partial charge in [-0.3, -0.25) is 4.79 Å². The summed E-state index contributed by atoms with van der Waals surface area (Å²) in [5.74, 6) is 0.268. The van der Waals surface area contributed by atoms with Gasteiger partial charge >= 0.3 is 5.56 Å². The summed E-state index contributed by atoms with van der Waals surface area (Å²) in [6.07, 6.45) is 2.80. The normalized spacial score (nSPS) is 23.3. The minimum Gasteiger partial charge on any atom is -0.598 e. The number of rotatable bonds is 6. The number of alkyl halides is 1. The Morgan fingerprint density at radius 1 is 1.09 bits per heavy atom. The number of ether oxygens (including phenoxy) is 1. The SMILES string of the molecule is CC(C)[S@@+]([O-])N1CCN(c2cnn(-c3ccccc3)c(=O)c2OC2CCC(F)CC2)CC1. The minimum atomic E-state index is -1.02. The van der Waals surface area contributed by atoms with Crippen LogP contribution >= 0.6 is 0 Å². The Labute approximate surface area is 191 Å². The highest BCUT2D eigenvalue weighted by Crippen LogP contribution is 2.30. The van der Waals surface area contributed by atoms with Crippen LogP contribution in [0, 0.1) is 0 Å². The molecule has 2 aliphatic rings. The molecule has 9 heteroatoms. The first-order valence-electron chi connectivity index (χ1n) is 11.3. The number of hydrogen-bond acceptors (Lipinski definition) is 6. The zero-order valence-electron chi connectivity index (χ0n) is 18.7. The van der Waals surface area contributed by atoms with Gasteiger partial charge in [0, 0.05) is 24.5 Å². The first kappa shape index (κ1) is 23.1. The molecule has 1 aromatic carbocycles. The Morgan fingerprint density at radius 2 is 1.75 bits per heavy atom. The molecule has 0 bridgehead atoms. The summed E-state index contributed by atoms with van der Waals surface area (Å²) in [5, 5.41) is 4.49. The number of anilines is 1. The van der Waals surface area contributed by atoms with Gasteiger partial charge in [0.05, 0.1) is 31.1 Å². The van der Waals surface area contributed by atoms with E-state index >= 15 is 0 Å². The lowest BCUT2D eigenvalue weighted by Gasteiger charge is -2.37. The van der Waals surface area contributed by atoms with Gasteiger partial charge in [0.2, 0.25) is 5.75 Å². The Hall–Kier alpha value is -2.10. The number of aromatic nitrogens is 2. The Bertz CT molecular complexity index is 942. The van der Waals surface area contributed by atoms with E-state index in [1.807, 2.05) is 48.5 Å².